The van der Waals surface area contributed by atoms with Crippen molar-refractivity contribution in [2.75, 3.05) is 13.6 Å². The summed E-state index contributed by atoms with van der Waals surface area (Å²) in [7, 11) is 1.26. The molecule has 0 radical (unpaired) electrons. The van der Waals surface area contributed by atoms with Gasteiger partial charge in [-0.1, -0.05) is 24.3 Å². The molecule has 6 nitrogen and oxygen atoms in total. The molecule has 148 valence electrons. The van der Waals surface area contributed by atoms with Crippen molar-refractivity contribution in [3.8, 4) is 10.4 Å². The molecule has 0 saturated carbocycles. The van der Waals surface area contributed by atoms with Gasteiger partial charge in [0.05, 0.1) is 16.1 Å². The first-order valence-electron chi connectivity index (χ1n) is 9.44. The smallest absolute Gasteiger partial charge is 0.399 e. The molecular formula is C20H25BN2O4S. The lowest BCUT2D eigenvalue weighted by atomic mass is 9.78. The van der Waals surface area contributed by atoms with Gasteiger partial charge in [0.25, 0.3) is 5.91 Å². The van der Waals surface area contributed by atoms with Crippen molar-refractivity contribution in [2.24, 2.45) is 0 Å². The van der Waals surface area contributed by atoms with Crippen LogP contribution >= 0.6 is 11.3 Å². The van der Waals surface area contributed by atoms with Crippen molar-refractivity contribution in [3.05, 3.63) is 35.5 Å². The quantitative estimate of drug-likeness (QED) is 0.800. The summed E-state index contributed by atoms with van der Waals surface area (Å²) in [5.74, 6) is -0.292. The second-order valence-electron chi connectivity index (χ2n) is 8.58. The third-order valence-electron chi connectivity index (χ3n) is 6.07. The monoisotopic (exact) mass is 400 g/mol. The lowest BCUT2D eigenvalue weighted by molar-refractivity contribution is -0.143. The Morgan fingerprint density at radius 3 is 2.50 bits per heavy atom. The van der Waals surface area contributed by atoms with Gasteiger partial charge in [-0.15, -0.1) is 11.3 Å². The Labute approximate surface area is 169 Å². The van der Waals surface area contributed by atoms with Gasteiger partial charge in [-0.3, -0.25) is 4.79 Å². The molecule has 1 aromatic carbocycles. The van der Waals surface area contributed by atoms with E-state index >= 15 is 0 Å². The number of benzene rings is 1. The zero-order chi connectivity index (χ0) is 20.3. The Morgan fingerprint density at radius 2 is 1.89 bits per heavy atom. The molecule has 0 unspecified atom stereocenters. The normalized spacial score (nSPS) is 26.3. The van der Waals surface area contributed by atoms with E-state index in [4.69, 9.17) is 9.31 Å². The van der Waals surface area contributed by atoms with E-state index in [1.165, 1.54) is 11.3 Å². The number of amides is 1. The van der Waals surface area contributed by atoms with Crippen LogP contribution in [-0.4, -0.2) is 52.8 Å². The minimum absolute atomic E-state index is 0.292. The summed E-state index contributed by atoms with van der Waals surface area (Å²) >= 11 is 1.35. The van der Waals surface area contributed by atoms with Crippen molar-refractivity contribution in [1.82, 2.24) is 9.88 Å². The number of likely N-dealkylation sites (tertiary alicyclic amines) is 1. The molecule has 2 saturated heterocycles. The number of nitrogens with zero attached hydrogens (tertiary/aromatic N) is 2. The first-order valence-corrected chi connectivity index (χ1v) is 10.3. The van der Waals surface area contributed by atoms with Crippen molar-refractivity contribution < 1.29 is 19.2 Å². The molecule has 4 rings (SSSR count). The molecule has 0 spiro atoms. The SMILES string of the molecule is CN1CC[C@@](O)(c2ncc(-c3cccc(B4OC(C)(C)C(C)(C)O4)c3)s2)C1=O. The van der Waals surface area contributed by atoms with Crippen LogP contribution < -0.4 is 5.46 Å². The molecule has 1 amide bonds. The standard InChI is InChI=1S/C20H25BN2O4S/c1-18(2)19(3,4)27-21(26-18)14-8-6-7-13(11-14)15-12-22-16(28-15)20(25)9-10-23(5)17(20)24/h6-8,11-12,25H,9-10H2,1-5H3/t20-/m1/s1. The molecule has 2 fully saturated rings. The van der Waals surface area contributed by atoms with Crippen molar-refractivity contribution in [2.45, 2.75) is 50.9 Å². The van der Waals surface area contributed by atoms with Crippen molar-refractivity contribution >= 4 is 29.8 Å². The highest BCUT2D eigenvalue weighted by atomic mass is 32.1. The summed E-state index contributed by atoms with van der Waals surface area (Å²) in [6.45, 7) is 8.65. The van der Waals surface area contributed by atoms with Crippen LogP contribution in [0.1, 0.15) is 39.1 Å². The van der Waals surface area contributed by atoms with E-state index in [-0.39, 0.29) is 5.91 Å². The van der Waals surface area contributed by atoms with E-state index in [9.17, 15) is 9.90 Å². The van der Waals surface area contributed by atoms with Crippen LogP contribution in [0.15, 0.2) is 30.5 Å². The van der Waals surface area contributed by atoms with Gasteiger partial charge in [0, 0.05) is 26.2 Å². The number of thiazole rings is 1. The van der Waals surface area contributed by atoms with Crippen LogP contribution in [0.2, 0.25) is 0 Å². The van der Waals surface area contributed by atoms with Crippen molar-refractivity contribution in [3.63, 3.8) is 0 Å². The van der Waals surface area contributed by atoms with E-state index in [1.807, 2.05) is 52.0 Å². The Balaban J connectivity index is 1.62. The number of aliphatic hydroxyl groups is 1. The van der Waals surface area contributed by atoms with Crippen molar-refractivity contribution in [1.29, 1.82) is 0 Å². The number of carbonyl (C=O) groups is 1. The Kier molecular flexibility index (Phi) is 4.46. The third kappa shape index (κ3) is 2.99. The van der Waals surface area contributed by atoms with Gasteiger partial charge >= 0.3 is 7.12 Å². The van der Waals surface area contributed by atoms with Crippen LogP contribution in [-0.2, 0) is 19.7 Å². The van der Waals surface area contributed by atoms with Gasteiger partial charge in [0.2, 0.25) is 0 Å². The molecule has 8 heteroatoms. The summed E-state index contributed by atoms with van der Waals surface area (Å²) in [4.78, 5) is 19.1. The molecule has 1 N–H and O–H groups in total. The fourth-order valence-corrected chi connectivity index (χ4v) is 4.49. The summed E-state index contributed by atoms with van der Waals surface area (Å²) in [6, 6.07) is 7.94. The second-order valence-corrected chi connectivity index (χ2v) is 9.61. The average molecular weight is 400 g/mol. The molecule has 2 aromatic rings. The maximum Gasteiger partial charge on any atom is 0.494 e. The van der Waals surface area contributed by atoms with Crippen LogP contribution in [0.5, 0.6) is 0 Å². The van der Waals surface area contributed by atoms with E-state index < -0.39 is 23.9 Å². The van der Waals surface area contributed by atoms with Gasteiger partial charge < -0.3 is 19.3 Å². The Hall–Kier alpha value is -1.74. The molecule has 2 aliphatic heterocycles. The first kappa shape index (κ1) is 19.6. The van der Waals surface area contributed by atoms with Crippen LogP contribution in [0, 0.1) is 0 Å². The zero-order valence-corrected chi connectivity index (χ0v) is 17.7. The summed E-state index contributed by atoms with van der Waals surface area (Å²) < 4.78 is 12.3. The second kappa shape index (κ2) is 6.39. The maximum absolute atomic E-state index is 12.3. The lowest BCUT2D eigenvalue weighted by Gasteiger charge is -2.32. The third-order valence-corrected chi connectivity index (χ3v) is 7.26. The summed E-state index contributed by atoms with van der Waals surface area (Å²) in [5.41, 5.74) is -0.423. The molecule has 0 aliphatic carbocycles. The molecular weight excluding hydrogens is 375 g/mol. The Bertz CT molecular complexity index is 912. The molecule has 0 bridgehead atoms. The van der Waals surface area contributed by atoms with Gasteiger partial charge in [0.1, 0.15) is 5.01 Å². The fraction of sp³-hybridized carbons (Fsp3) is 0.500. The maximum atomic E-state index is 12.3. The molecule has 3 heterocycles. The first-order chi connectivity index (χ1) is 13.0. The number of hydrogen-bond acceptors (Lipinski definition) is 6. The zero-order valence-electron chi connectivity index (χ0n) is 16.9. The summed E-state index contributed by atoms with van der Waals surface area (Å²) in [6.07, 6.45) is 2.08. The predicted molar refractivity (Wildman–Crippen MR) is 109 cm³/mol. The molecule has 2 aliphatic rings. The van der Waals surface area contributed by atoms with Gasteiger partial charge in [-0.05, 0) is 38.7 Å². The van der Waals surface area contributed by atoms with E-state index in [0.717, 1.165) is 15.9 Å². The van der Waals surface area contributed by atoms with Gasteiger partial charge in [-0.25, -0.2) is 4.98 Å². The lowest BCUT2D eigenvalue weighted by Crippen LogP contribution is -2.41. The van der Waals surface area contributed by atoms with Gasteiger partial charge in [0.15, 0.2) is 5.60 Å². The molecule has 28 heavy (non-hydrogen) atoms. The highest BCUT2D eigenvalue weighted by Gasteiger charge is 2.52. The van der Waals surface area contributed by atoms with E-state index in [2.05, 4.69) is 4.98 Å². The minimum Gasteiger partial charge on any atom is -0.399 e. The average Bonchev–Trinajstić information content (AvgIpc) is 3.29. The highest BCUT2D eigenvalue weighted by Crippen LogP contribution is 2.39. The van der Waals surface area contributed by atoms with E-state index in [0.29, 0.717) is 18.0 Å². The molecule has 1 atom stereocenters. The van der Waals surface area contributed by atoms with Crippen LogP contribution in [0.25, 0.3) is 10.4 Å². The number of aromatic nitrogens is 1. The number of carbonyl (C=O) groups excluding carboxylic acids is 1. The largest absolute Gasteiger partial charge is 0.494 e. The van der Waals surface area contributed by atoms with Crippen LogP contribution in [0.4, 0.5) is 0 Å². The van der Waals surface area contributed by atoms with Crippen LogP contribution in [0.3, 0.4) is 0 Å². The Morgan fingerprint density at radius 1 is 1.21 bits per heavy atom. The number of likely N-dealkylation sites (N-methyl/N-ethyl adjacent to an activating group) is 1. The summed E-state index contributed by atoms with van der Waals surface area (Å²) in [5, 5.41) is 11.3. The van der Waals surface area contributed by atoms with E-state index in [1.54, 1.807) is 18.1 Å². The van der Waals surface area contributed by atoms with Gasteiger partial charge in [-0.2, -0.15) is 0 Å². The number of rotatable bonds is 3. The number of hydrogen-bond donors (Lipinski definition) is 1. The topological polar surface area (TPSA) is 71.9 Å². The molecule has 1 aromatic heterocycles. The fourth-order valence-electron chi connectivity index (χ4n) is 3.47. The minimum atomic E-state index is -1.51. The highest BCUT2D eigenvalue weighted by molar-refractivity contribution is 7.15. The predicted octanol–water partition coefficient (Wildman–Crippen LogP) is 2.16.